The lowest BCUT2D eigenvalue weighted by molar-refractivity contribution is -0.161. The van der Waals surface area contributed by atoms with E-state index in [-0.39, 0.29) is 32.6 Å². The third-order valence-electron chi connectivity index (χ3n) is 8.79. The Hall–Kier alpha value is -2.07. The fourth-order valence-corrected chi connectivity index (χ4v) is 6.34. The maximum Gasteiger partial charge on any atom is 0.472 e. The van der Waals surface area contributed by atoms with Crippen LogP contribution in [0, 0.1) is 0 Å². The summed E-state index contributed by atoms with van der Waals surface area (Å²) in [4.78, 5) is 34.8. The van der Waals surface area contributed by atoms with Crippen LogP contribution in [-0.2, 0) is 32.7 Å². The number of aliphatic hydroxyl groups excluding tert-OH is 1. The van der Waals surface area contributed by atoms with Crippen molar-refractivity contribution in [2.75, 3.05) is 26.4 Å². The second-order valence-corrected chi connectivity index (χ2v) is 15.5. The van der Waals surface area contributed by atoms with Crippen molar-refractivity contribution in [2.45, 2.75) is 187 Å². The number of allylic oxidation sites excluding steroid dienone is 7. The number of ether oxygens (including phenoxy) is 2. The summed E-state index contributed by atoms with van der Waals surface area (Å²) in [5.41, 5.74) is 5.33. The number of esters is 2. The molecule has 10 nitrogen and oxygen atoms in total. The summed E-state index contributed by atoms with van der Waals surface area (Å²) in [7, 11) is -4.43. The maximum absolute atomic E-state index is 12.6. The van der Waals surface area contributed by atoms with Gasteiger partial charge in [0.1, 0.15) is 6.61 Å². The summed E-state index contributed by atoms with van der Waals surface area (Å²) in [5.74, 6) is -1.03. The molecule has 0 amide bonds. The normalized spacial score (nSPS) is 14.4. The van der Waals surface area contributed by atoms with Crippen molar-refractivity contribution in [3.63, 3.8) is 0 Å². The molecule has 0 saturated carbocycles. The summed E-state index contributed by atoms with van der Waals surface area (Å²) in [6.45, 7) is 3.48. The molecule has 314 valence electrons. The van der Waals surface area contributed by atoms with Crippen molar-refractivity contribution >= 4 is 19.8 Å². The van der Waals surface area contributed by atoms with E-state index in [1.54, 1.807) is 12.2 Å². The van der Waals surface area contributed by atoms with Gasteiger partial charge in [0.2, 0.25) is 0 Å². The standard InChI is InChI=1S/C43H78NO9P/c1-3-5-7-9-11-13-15-17-18-20-22-24-26-28-30-34-42(46)50-38-41(39-52-54(48,49)51-37-36-44)53-43(47)35-31-33-40(45)32-29-27-25-23-21-19-16-14-12-10-8-6-4-2/h13,15,19,21,25,27,29,32,40-41,45H,3-12,14,16-18,20,22-24,26,28,30-31,33-39,44H2,1-2H3,(H,48,49)/b15-13-,21-19+,27-25+,32-29+/t40?,41-/m1/s1. The van der Waals surface area contributed by atoms with Crippen LogP contribution in [-0.4, -0.2) is 60.5 Å². The summed E-state index contributed by atoms with van der Waals surface area (Å²) in [6, 6.07) is 0. The van der Waals surface area contributed by atoms with Gasteiger partial charge in [-0.1, -0.05) is 146 Å². The molecular formula is C43H78NO9P. The first kappa shape index (κ1) is 51.9. The Morgan fingerprint density at radius 2 is 1.19 bits per heavy atom. The van der Waals surface area contributed by atoms with E-state index in [9.17, 15) is 24.2 Å². The molecule has 0 fully saturated rings. The van der Waals surface area contributed by atoms with Gasteiger partial charge in [0.05, 0.1) is 19.3 Å². The predicted molar refractivity (Wildman–Crippen MR) is 221 cm³/mol. The molecule has 0 saturated heterocycles. The van der Waals surface area contributed by atoms with Gasteiger partial charge >= 0.3 is 19.8 Å². The van der Waals surface area contributed by atoms with E-state index in [0.29, 0.717) is 19.3 Å². The average Bonchev–Trinajstić information content (AvgIpc) is 3.15. The topological polar surface area (TPSA) is 155 Å². The van der Waals surface area contributed by atoms with Gasteiger partial charge in [0.15, 0.2) is 6.10 Å². The molecule has 0 aliphatic heterocycles. The van der Waals surface area contributed by atoms with Gasteiger partial charge in [-0.05, 0) is 64.2 Å². The molecule has 0 aliphatic carbocycles. The van der Waals surface area contributed by atoms with E-state index in [1.807, 2.05) is 12.2 Å². The number of carbonyl (C=O) groups excluding carboxylic acids is 2. The molecule has 0 aromatic rings. The largest absolute Gasteiger partial charge is 0.472 e. The first-order valence-electron chi connectivity index (χ1n) is 21.2. The van der Waals surface area contributed by atoms with Crippen LogP contribution in [0.15, 0.2) is 48.6 Å². The van der Waals surface area contributed by atoms with Crippen molar-refractivity contribution in [3.8, 4) is 0 Å². The number of phosphoric acid groups is 1. The second-order valence-electron chi connectivity index (χ2n) is 14.1. The lowest BCUT2D eigenvalue weighted by atomic mass is 10.1. The van der Waals surface area contributed by atoms with Crippen LogP contribution in [0.4, 0.5) is 0 Å². The van der Waals surface area contributed by atoms with Crippen LogP contribution in [0.2, 0.25) is 0 Å². The minimum absolute atomic E-state index is 0.00483. The zero-order valence-electron chi connectivity index (χ0n) is 34.1. The SMILES string of the molecule is CCCCCC/C=C\CCCCCCCCCC(=O)OC[C@H](COP(=O)(O)OCCN)OC(=O)CCCC(O)/C=C/C=C/C/C=C/CCCCCCCC. The monoisotopic (exact) mass is 784 g/mol. The summed E-state index contributed by atoms with van der Waals surface area (Å²) in [6.07, 6.45) is 40.3. The molecule has 0 radical (unpaired) electrons. The fraction of sp³-hybridized carbons (Fsp3) is 0.767. The second kappa shape index (κ2) is 39.2. The van der Waals surface area contributed by atoms with E-state index in [1.165, 1.54) is 89.9 Å². The van der Waals surface area contributed by atoms with Gasteiger partial charge in [0, 0.05) is 19.4 Å². The lowest BCUT2D eigenvalue weighted by Gasteiger charge is -2.20. The smallest absolute Gasteiger partial charge is 0.462 e. The Bertz CT molecular complexity index is 1050. The van der Waals surface area contributed by atoms with Crippen molar-refractivity contribution in [1.82, 2.24) is 0 Å². The Kier molecular flexibility index (Phi) is 37.7. The third-order valence-corrected chi connectivity index (χ3v) is 9.78. The minimum Gasteiger partial charge on any atom is -0.462 e. The molecule has 0 aromatic carbocycles. The highest BCUT2D eigenvalue weighted by Crippen LogP contribution is 2.43. The minimum atomic E-state index is -4.43. The van der Waals surface area contributed by atoms with Crippen molar-refractivity contribution in [3.05, 3.63) is 48.6 Å². The van der Waals surface area contributed by atoms with Gasteiger partial charge in [-0.3, -0.25) is 18.6 Å². The van der Waals surface area contributed by atoms with Crippen LogP contribution in [0.3, 0.4) is 0 Å². The highest BCUT2D eigenvalue weighted by Gasteiger charge is 2.26. The number of aliphatic hydroxyl groups is 1. The molecule has 3 atom stereocenters. The Morgan fingerprint density at radius 1 is 0.648 bits per heavy atom. The number of rotatable bonds is 39. The average molecular weight is 784 g/mol. The Labute approximate surface area is 329 Å². The lowest BCUT2D eigenvalue weighted by Crippen LogP contribution is -2.29. The van der Waals surface area contributed by atoms with E-state index >= 15 is 0 Å². The van der Waals surface area contributed by atoms with Crippen LogP contribution in [0.5, 0.6) is 0 Å². The van der Waals surface area contributed by atoms with Gasteiger partial charge in [-0.15, -0.1) is 0 Å². The zero-order valence-corrected chi connectivity index (χ0v) is 35.0. The summed E-state index contributed by atoms with van der Waals surface area (Å²) < 4.78 is 32.6. The zero-order chi connectivity index (χ0) is 39.8. The number of carbonyl (C=O) groups is 2. The van der Waals surface area contributed by atoms with E-state index in [0.717, 1.165) is 38.5 Å². The molecule has 0 aromatic heterocycles. The van der Waals surface area contributed by atoms with Crippen molar-refractivity contribution < 1.29 is 42.7 Å². The molecule has 0 aliphatic rings. The quantitative estimate of drug-likeness (QED) is 0.0180. The van der Waals surface area contributed by atoms with Crippen molar-refractivity contribution in [1.29, 1.82) is 0 Å². The van der Waals surface area contributed by atoms with E-state index in [4.69, 9.17) is 24.3 Å². The summed E-state index contributed by atoms with van der Waals surface area (Å²) in [5, 5.41) is 10.3. The molecule has 4 N–H and O–H groups in total. The maximum atomic E-state index is 12.6. The molecule has 11 heteroatoms. The third kappa shape index (κ3) is 38.2. The number of unbranched alkanes of at least 4 members (excludes halogenated alkanes) is 17. The van der Waals surface area contributed by atoms with Gasteiger partial charge in [-0.25, -0.2) is 4.57 Å². The molecule has 54 heavy (non-hydrogen) atoms. The van der Waals surface area contributed by atoms with Crippen LogP contribution in [0.1, 0.15) is 174 Å². The highest BCUT2D eigenvalue weighted by atomic mass is 31.2. The number of phosphoric ester groups is 1. The Morgan fingerprint density at radius 3 is 1.80 bits per heavy atom. The Balaban J connectivity index is 4.37. The van der Waals surface area contributed by atoms with Crippen LogP contribution >= 0.6 is 7.82 Å². The first-order valence-corrected chi connectivity index (χ1v) is 22.7. The molecule has 2 unspecified atom stereocenters. The first-order chi connectivity index (χ1) is 26.2. The highest BCUT2D eigenvalue weighted by molar-refractivity contribution is 7.47. The van der Waals surface area contributed by atoms with Crippen molar-refractivity contribution in [2.24, 2.45) is 5.73 Å². The number of hydrogen-bond donors (Lipinski definition) is 3. The van der Waals surface area contributed by atoms with E-state index in [2.05, 4.69) is 38.2 Å². The number of nitrogens with two attached hydrogens (primary N) is 1. The predicted octanol–water partition coefficient (Wildman–Crippen LogP) is 10.9. The molecule has 0 heterocycles. The number of hydrogen-bond acceptors (Lipinski definition) is 9. The molecular weight excluding hydrogens is 705 g/mol. The summed E-state index contributed by atoms with van der Waals surface area (Å²) >= 11 is 0. The molecule has 0 rings (SSSR count). The van der Waals surface area contributed by atoms with Gasteiger partial charge in [0.25, 0.3) is 0 Å². The molecule has 0 bridgehead atoms. The van der Waals surface area contributed by atoms with Gasteiger partial charge < -0.3 is 25.2 Å². The van der Waals surface area contributed by atoms with Gasteiger partial charge in [-0.2, -0.15) is 0 Å². The fourth-order valence-electron chi connectivity index (χ4n) is 5.58. The molecule has 0 spiro atoms. The van der Waals surface area contributed by atoms with E-state index < -0.39 is 38.6 Å². The van der Waals surface area contributed by atoms with Crippen LogP contribution < -0.4 is 5.73 Å². The van der Waals surface area contributed by atoms with Crippen LogP contribution in [0.25, 0.3) is 0 Å².